The van der Waals surface area contributed by atoms with Crippen LogP contribution in [0.2, 0.25) is 0 Å². The van der Waals surface area contributed by atoms with Crippen molar-refractivity contribution in [3.05, 3.63) is 65.2 Å². The number of carboxylic acid groups (broad SMARTS) is 1. The first-order valence-electron chi connectivity index (χ1n) is 9.62. The molecule has 156 valence electrons. The molecule has 1 N–H and O–H groups in total. The molecule has 1 saturated heterocycles. The number of carbonyl (C=O) groups is 1. The SMILES string of the molecule is CN(C)c1ccc(C(c2ccccc2C(F)(F)F)N2CCCCC2C(=O)O)cc1. The lowest BCUT2D eigenvalue weighted by Crippen LogP contribution is -2.47. The first kappa shape index (κ1) is 21.2. The lowest BCUT2D eigenvalue weighted by molar-refractivity contribution is -0.145. The van der Waals surface area contributed by atoms with Crippen LogP contribution in [-0.2, 0) is 11.0 Å². The Morgan fingerprint density at radius 1 is 1.10 bits per heavy atom. The Morgan fingerprint density at radius 3 is 2.34 bits per heavy atom. The maximum atomic E-state index is 13.8. The van der Waals surface area contributed by atoms with E-state index in [2.05, 4.69) is 0 Å². The van der Waals surface area contributed by atoms with Gasteiger partial charge in [-0.1, -0.05) is 36.8 Å². The van der Waals surface area contributed by atoms with Gasteiger partial charge in [0.05, 0.1) is 11.6 Å². The lowest BCUT2D eigenvalue weighted by Gasteiger charge is -2.40. The molecule has 0 aliphatic carbocycles. The minimum atomic E-state index is -4.52. The fourth-order valence-electron chi connectivity index (χ4n) is 4.03. The van der Waals surface area contributed by atoms with Crippen LogP contribution in [0.3, 0.4) is 0 Å². The predicted octanol–water partition coefficient (Wildman–Crippen LogP) is 4.80. The Balaban J connectivity index is 2.16. The highest BCUT2D eigenvalue weighted by atomic mass is 19.4. The summed E-state index contributed by atoms with van der Waals surface area (Å²) in [6.45, 7) is 0.434. The second-order valence-electron chi connectivity index (χ2n) is 7.56. The van der Waals surface area contributed by atoms with Crippen molar-refractivity contribution in [3.8, 4) is 0 Å². The third-order valence-electron chi connectivity index (χ3n) is 5.45. The van der Waals surface area contributed by atoms with Crippen LogP contribution in [0.1, 0.15) is 42.0 Å². The number of hydrogen-bond acceptors (Lipinski definition) is 3. The number of rotatable bonds is 5. The maximum absolute atomic E-state index is 13.8. The molecule has 3 rings (SSSR count). The van der Waals surface area contributed by atoms with Crippen LogP contribution in [0.5, 0.6) is 0 Å². The number of anilines is 1. The number of benzene rings is 2. The van der Waals surface area contributed by atoms with Crippen LogP contribution in [0.25, 0.3) is 0 Å². The van der Waals surface area contributed by atoms with Gasteiger partial charge in [-0.15, -0.1) is 0 Å². The summed E-state index contributed by atoms with van der Waals surface area (Å²) in [5.41, 5.74) is 0.938. The monoisotopic (exact) mass is 406 g/mol. The highest BCUT2D eigenvalue weighted by Crippen LogP contribution is 2.41. The standard InChI is InChI=1S/C22H25F3N2O2/c1-26(2)16-12-10-15(11-13-16)20(27-14-6-5-9-19(27)21(28)29)17-7-3-4-8-18(17)22(23,24)25/h3-4,7-8,10-13,19-20H,5-6,9,14H2,1-2H3,(H,28,29). The van der Waals surface area contributed by atoms with Gasteiger partial charge in [-0.3, -0.25) is 9.69 Å². The number of likely N-dealkylation sites (tertiary alicyclic amines) is 1. The van der Waals surface area contributed by atoms with Crippen LogP contribution >= 0.6 is 0 Å². The molecule has 1 heterocycles. The number of aliphatic carboxylic acids is 1. The van der Waals surface area contributed by atoms with Crippen molar-refractivity contribution in [1.29, 1.82) is 0 Å². The summed E-state index contributed by atoms with van der Waals surface area (Å²) in [6, 6.07) is 11.1. The number of piperidine rings is 1. The molecule has 0 saturated carbocycles. The molecule has 0 radical (unpaired) electrons. The summed E-state index contributed by atoms with van der Waals surface area (Å²) in [5, 5.41) is 9.73. The van der Waals surface area contributed by atoms with Crippen LogP contribution in [0.15, 0.2) is 48.5 Å². The van der Waals surface area contributed by atoms with Gasteiger partial charge >= 0.3 is 12.1 Å². The molecule has 2 aromatic rings. The fourth-order valence-corrected chi connectivity index (χ4v) is 4.03. The second kappa shape index (κ2) is 8.45. The largest absolute Gasteiger partial charge is 0.480 e. The van der Waals surface area contributed by atoms with Gasteiger partial charge in [0.2, 0.25) is 0 Å². The van der Waals surface area contributed by atoms with Crippen LogP contribution in [0.4, 0.5) is 18.9 Å². The van der Waals surface area contributed by atoms with Crippen molar-refractivity contribution in [3.63, 3.8) is 0 Å². The van der Waals surface area contributed by atoms with Crippen LogP contribution in [0, 0.1) is 0 Å². The summed E-state index contributed by atoms with van der Waals surface area (Å²) in [6.07, 6.45) is -2.59. The van der Waals surface area contributed by atoms with Crippen molar-refractivity contribution < 1.29 is 23.1 Å². The highest BCUT2D eigenvalue weighted by molar-refractivity contribution is 5.73. The van der Waals surface area contributed by atoms with E-state index in [4.69, 9.17) is 0 Å². The number of halogens is 3. The molecule has 0 spiro atoms. The Bertz CT molecular complexity index is 850. The zero-order chi connectivity index (χ0) is 21.2. The summed E-state index contributed by atoms with van der Waals surface area (Å²) in [4.78, 5) is 15.5. The third-order valence-corrected chi connectivity index (χ3v) is 5.45. The number of hydrogen-bond donors (Lipinski definition) is 1. The molecule has 0 bridgehead atoms. The van der Waals surface area contributed by atoms with E-state index in [1.54, 1.807) is 23.1 Å². The van der Waals surface area contributed by atoms with Gasteiger partial charge in [0.15, 0.2) is 0 Å². The van der Waals surface area contributed by atoms with Crippen molar-refractivity contribution >= 4 is 11.7 Å². The second-order valence-corrected chi connectivity index (χ2v) is 7.56. The molecule has 2 atom stereocenters. The molecule has 2 aromatic carbocycles. The Labute approximate surface area is 168 Å². The van der Waals surface area contributed by atoms with E-state index in [1.165, 1.54) is 12.1 Å². The van der Waals surface area contributed by atoms with Crippen LogP contribution in [-0.4, -0.2) is 42.7 Å². The normalized spacial score (nSPS) is 19.0. The van der Waals surface area contributed by atoms with Gasteiger partial charge in [0.25, 0.3) is 0 Å². The van der Waals surface area contributed by atoms with Crippen LogP contribution < -0.4 is 4.90 Å². The Kier molecular flexibility index (Phi) is 6.17. The summed E-state index contributed by atoms with van der Waals surface area (Å²) >= 11 is 0. The molecule has 0 aromatic heterocycles. The zero-order valence-corrected chi connectivity index (χ0v) is 16.5. The Hall–Kier alpha value is -2.54. The molecular formula is C22H25F3N2O2. The Morgan fingerprint density at radius 2 is 1.76 bits per heavy atom. The topological polar surface area (TPSA) is 43.8 Å². The molecule has 1 fully saturated rings. The highest BCUT2D eigenvalue weighted by Gasteiger charge is 2.40. The first-order chi connectivity index (χ1) is 13.7. The van der Waals surface area contributed by atoms with E-state index >= 15 is 0 Å². The van der Waals surface area contributed by atoms with E-state index in [0.717, 1.165) is 24.6 Å². The number of carboxylic acids is 1. The van der Waals surface area contributed by atoms with Gasteiger partial charge in [-0.2, -0.15) is 13.2 Å². The minimum Gasteiger partial charge on any atom is -0.480 e. The van der Waals surface area contributed by atoms with Crippen molar-refractivity contribution in [2.45, 2.75) is 37.5 Å². The third kappa shape index (κ3) is 4.56. The molecule has 1 aliphatic heterocycles. The van der Waals surface area contributed by atoms with Crippen molar-refractivity contribution in [1.82, 2.24) is 4.90 Å². The number of nitrogens with zero attached hydrogens (tertiary/aromatic N) is 2. The maximum Gasteiger partial charge on any atom is 0.416 e. The molecule has 2 unspecified atom stereocenters. The first-order valence-corrected chi connectivity index (χ1v) is 9.62. The average molecular weight is 406 g/mol. The van der Waals surface area contributed by atoms with Gasteiger partial charge in [-0.25, -0.2) is 0 Å². The lowest BCUT2D eigenvalue weighted by atomic mass is 9.89. The predicted molar refractivity (Wildman–Crippen MR) is 106 cm³/mol. The van der Waals surface area contributed by atoms with Crippen molar-refractivity contribution in [2.75, 3.05) is 25.5 Å². The fraction of sp³-hybridized carbons (Fsp3) is 0.409. The van der Waals surface area contributed by atoms with E-state index < -0.39 is 29.8 Å². The molecule has 29 heavy (non-hydrogen) atoms. The quantitative estimate of drug-likeness (QED) is 0.775. The van der Waals surface area contributed by atoms with E-state index in [1.807, 2.05) is 31.1 Å². The van der Waals surface area contributed by atoms with E-state index in [9.17, 15) is 23.1 Å². The van der Waals surface area contributed by atoms with Gasteiger partial charge in [0, 0.05) is 19.8 Å². The zero-order valence-electron chi connectivity index (χ0n) is 16.5. The number of alkyl halides is 3. The van der Waals surface area contributed by atoms with Gasteiger partial charge in [-0.05, 0) is 48.7 Å². The average Bonchev–Trinajstić information content (AvgIpc) is 2.68. The smallest absolute Gasteiger partial charge is 0.416 e. The van der Waals surface area contributed by atoms with Crippen molar-refractivity contribution in [2.24, 2.45) is 0 Å². The molecule has 0 amide bonds. The summed E-state index contributed by atoms with van der Waals surface area (Å²) < 4.78 is 41.3. The molecule has 4 nitrogen and oxygen atoms in total. The molecule has 7 heteroatoms. The summed E-state index contributed by atoms with van der Waals surface area (Å²) in [7, 11) is 3.77. The molecular weight excluding hydrogens is 381 g/mol. The van der Waals surface area contributed by atoms with Gasteiger partial charge in [0.1, 0.15) is 6.04 Å². The van der Waals surface area contributed by atoms with E-state index in [-0.39, 0.29) is 5.56 Å². The van der Waals surface area contributed by atoms with Gasteiger partial charge < -0.3 is 10.0 Å². The van der Waals surface area contributed by atoms with E-state index in [0.29, 0.717) is 18.5 Å². The summed E-state index contributed by atoms with van der Waals surface area (Å²) in [5.74, 6) is -0.996. The molecule has 1 aliphatic rings. The minimum absolute atomic E-state index is 0.0887.